The predicted molar refractivity (Wildman–Crippen MR) is 94.1 cm³/mol. The summed E-state index contributed by atoms with van der Waals surface area (Å²) in [5.74, 6) is -6.55. The maximum absolute atomic E-state index is 15.1. The molecule has 136 valence electrons. The second-order valence-electron chi connectivity index (χ2n) is 6.05. The number of ketones is 2. The lowest BCUT2D eigenvalue weighted by Gasteiger charge is -2.21. The van der Waals surface area contributed by atoms with Crippen LogP contribution in [0.3, 0.4) is 0 Å². The van der Waals surface area contributed by atoms with Crippen molar-refractivity contribution in [3.05, 3.63) is 93.8 Å². The van der Waals surface area contributed by atoms with Gasteiger partial charge in [-0.3, -0.25) is 9.59 Å². The zero-order chi connectivity index (χ0) is 20.0. The van der Waals surface area contributed by atoms with Crippen LogP contribution < -0.4 is 5.32 Å². The number of hydrogen-bond donors (Lipinski definition) is 1. The number of hydrogen-bond acceptors (Lipinski definition) is 4. The van der Waals surface area contributed by atoms with E-state index in [1.54, 1.807) is 6.07 Å². The van der Waals surface area contributed by atoms with E-state index in [2.05, 4.69) is 5.32 Å². The molecular formula is C21H9F3N2O2. The first-order valence-corrected chi connectivity index (χ1v) is 8.10. The molecule has 7 heteroatoms. The number of anilines is 2. The third-order valence-electron chi connectivity index (χ3n) is 4.50. The zero-order valence-electron chi connectivity index (χ0n) is 14.0. The first-order valence-electron chi connectivity index (χ1n) is 8.10. The van der Waals surface area contributed by atoms with Crippen LogP contribution in [0.15, 0.2) is 48.5 Å². The van der Waals surface area contributed by atoms with E-state index in [4.69, 9.17) is 5.26 Å². The van der Waals surface area contributed by atoms with Crippen LogP contribution in [0.25, 0.3) is 0 Å². The van der Waals surface area contributed by atoms with Gasteiger partial charge in [0.1, 0.15) is 11.8 Å². The summed E-state index contributed by atoms with van der Waals surface area (Å²) in [6.07, 6.45) is 0. The maximum Gasteiger partial charge on any atom is 0.197 e. The highest BCUT2D eigenvalue weighted by Gasteiger charge is 2.38. The van der Waals surface area contributed by atoms with Crippen molar-refractivity contribution < 1.29 is 22.8 Å². The van der Waals surface area contributed by atoms with E-state index < -0.39 is 45.8 Å². The third kappa shape index (κ3) is 2.39. The van der Waals surface area contributed by atoms with Crippen LogP contribution in [-0.4, -0.2) is 11.6 Å². The Morgan fingerprint density at radius 3 is 1.89 bits per heavy atom. The van der Waals surface area contributed by atoms with Gasteiger partial charge in [-0.1, -0.05) is 36.4 Å². The van der Waals surface area contributed by atoms with Gasteiger partial charge in [0.05, 0.1) is 22.4 Å². The summed E-state index contributed by atoms with van der Waals surface area (Å²) < 4.78 is 44.4. The number of nitriles is 1. The number of rotatable bonds is 2. The number of nitrogens with zero attached hydrogens (tertiary/aromatic N) is 1. The molecule has 0 spiro atoms. The molecule has 0 aromatic heterocycles. The smallest absolute Gasteiger partial charge is 0.197 e. The van der Waals surface area contributed by atoms with Gasteiger partial charge in [-0.05, 0) is 12.1 Å². The number of carbonyl (C=O) groups excluding carboxylic acids is 2. The monoisotopic (exact) mass is 378 g/mol. The van der Waals surface area contributed by atoms with Gasteiger partial charge < -0.3 is 5.32 Å². The van der Waals surface area contributed by atoms with Crippen LogP contribution in [-0.2, 0) is 0 Å². The average molecular weight is 378 g/mol. The van der Waals surface area contributed by atoms with E-state index in [1.165, 1.54) is 42.5 Å². The Morgan fingerprint density at radius 1 is 0.750 bits per heavy atom. The Hall–Kier alpha value is -3.92. The van der Waals surface area contributed by atoms with Crippen molar-refractivity contribution >= 4 is 22.9 Å². The molecule has 3 aromatic rings. The number of fused-ring (bicyclic) bond motifs is 2. The first-order chi connectivity index (χ1) is 13.5. The molecule has 0 saturated heterocycles. The summed E-state index contributed by atoms with van der Waals surface area (Å²) in [4.78, 5) is 25.3. The molecule has 0 heterocycles. The average Bonchev–Trinajstić information content (AvgIpc) is 2.72. The van der Waals surface area contributed by atoms with E-state index in [0.717, 1.165) is 0 Å². The minimum Gasteiger partial charge on any atom is -0.350 e. The van der Waals surface area contributed by atoms with Gasteiger partial charge in [-0.2, -0.15) is 5.26 Å². The summed E-state index contributed by atoms with van der Waals surface area (Å²) in [6.45, 7) is 0. The number of carbonyl (C=O) groups is 2. The molecule has 0 aliphatic heterocycles. The fourth-order valence-corrected chi connectivity index (χ4v) is 3.17. The number of nitrogens with one attached hydrogen (secondary N) is 1. The minimum atomic E-state index is -1.65. The van der Waals surface area contributed by atoms with Crippen LogP contribution in [0, 0.1) is 28.8 Å². The zero-order valence-corrected chi connectivity index (χ0v) is 14.0. The Morgan fingerprint density at radius 2 is 1.29 bits per heavy atom. The Kier molecular flexibility index (Phi) is 3.97. The quantitative estimate of drug-likeness (QED) is 0.522. The fraction of sp³-hybridized carbons (Fsp3) is 0. The lowest BCUT2D eigenvalue weighted by molar-refractivity contribution is 0.0971. The highest BCUT2D eigenvalue weighted by molar-refractivity contribution is 6.28. The molecule has 0 radical (unpaired) electrons. The minimum absolute atomic E-state index is 0.0251. The van der Waals surface area contributed by atoms with Gasteiger partial charge in [0, 0.05) is 11.1 Å². The van der Waals surface area contributed by atoms with Crippen LogP contribution >= 0.6 is 0 Å². The Bertz CT molecular complexity index is 1230. The standard InChI is InChI=1S/C21H9F3N2O2/c22-16-14-15(21(28)12-7-3-2-6-11(12)20(14)27)17(23)19(18(16)24)26-13-8-4-1-5-10(13)9-25/h1-8,26H. The summed E-state index contributed by atoms with van der Waals surface area (Å²) >= 11 is 0. The summed E-state index contributed by atoms with van der Waals surface area (Å²) in [7, 11) is 0. The topological polar surface area (TPSA) is 70.0 Å². The number of halogens is 3. The number of para-hydroxylation sites is 1. The van der Waals surface area contributed by atoms with E-state index in [0.29, 0.717) is 0 Å². The van der Waals surface area contributed by atoms with Gasteiger partial charge in [-0.15, -0.1) is 0 Å². The van der Waals surface area contributed by atoms with Crippen LogP contribution in [0.1, 0.15) is 37.4 Å². The molecule has 0 fully saturated rings. The Labute approximate surface area is 156 Å². The molecule has 1 N–H and O–H groups in total. The molecule has 1 aliphatic carbocycles. The highest BCUT2D eigenvalue weighted by Crippen LogP contribution is 2.37. The second kappa shape index (κ2) is 6.35. The van der Waals surface area contributed by atoms with Gasteiger partial charge in [0.25, 0.3) is 0 Å². The van der Waals surface area contributed by atoms with Crippen LogP contribution in [0.2, 0.25) is 0 Å². The van der Waals surface area contributed by atoms with E-state index in [9.17, 15) is 18.4 Å². The highest BCUT2D eigenvalue weighted by atomic mass is 19.2. The van der Waals surface area contributed by atoms with Crippen molar-refractivity contribution in [1.29, 1.82) is 5.26 Å². The second-order valence-corrected chi connectivity index (χ2v) is 6.05. The normalized spacial score (nSPS) is 12.2. The molecule has 0 atom stereocenters. The molecule has 4 nitrogen and oxygen atoms in total. The molecule has 0 amide bonds. The summed E-state index contributed by atoms with van der Waals surface area (Å²) in [6, 6.07) is 13.2. The lowest BCUT2D eigenvalue weighted by atomic mass is 9.83. The molecule has 0 bridgehead atoms. The lowest BCUT2D eigenvalue weighted by Crippen LogP contribution is -2.25. The van der Waals surface area contributed by atoms with E-state index in [1.807, 2.05) is 6.07 Å². The fourth-order valence-electron chi connectivity index (χ4n) is 3.17. The van der Waals surface area contributed by atoms with Crippen LogP contribution in [0.4, 0.5) is 24.5 Å². The molecule has 4 rings (SSSR count). The number of benzene rings is 3. The maximum atomic E-state index is 15.1. The largest absolute Gasteiger partial charge is 0.350 e. The molecular weight excluding hydrogens is 369 g/mol. The van der Waals surface area contributed by atoms with Crippen LogP contribution in [0.5, 0.6) is 0 Å². The summed E-state index contributed by atoms with van der Waals surface area (Å²) in [5, 5.41) is 11.5. The van der Waals surface area contributed by atoms with Gasteiger partial charge >= 0.3 is 0 Å². The SMILES string of the molecule is N#Cc1ccccc1Nc1c(F)c(F)c2c(c1F)C(=O)c1ccccc1C2=O. The van der Waals surface area contributed by atoms with Crippen molar-refractivity contribution in [1.82, 2.24) is 0 Å². The molecule has 0 saturated carbocycles. The van der Waals surface area contributed by atoms with Gasteiger partial charge in [-0.25, -0.2) is 13.2 Å². The summed E-state index contributed by atoms with van der Waals surface area (Å²) in [5.41, 5.74) is -2.83. The van der Waals surface area contributed by atoms with Crippen molar-refractivity contribution in [2.75, 3.05) is 5.32 Å². The molecule has 0 unspecified atom stereocenters. The van der Waals surface area contributed by atoms with Crippen molar-refractivity contribution in [3.63, 3.8) is 0 Å². The van der Waals surface area contributed by atoms with Crippen molar-refractivity contribution in [2.45, 2.75) is 0 Å². The van der Waals surface area contributed by atoms with E-state index >= 15 is 4.39 Å². The molecule has 28 heavy (non-hydrogen) atoms. The Balaban J connectivity index is 1.96. The third-order valence-corrected chi connectivity index (χ3v) is 4.50. The predicted octanol–water partition coefficient (Wildman–Crippen LogP) is 4.49. The first kappa shape index (κ1) is 17.5. The van der Waals surface area contributed by atoms with Crippen molar-refractivity contribution in [3.8, 4) is 6.07 Å². The molecule has 3 aromatic carbocycles. The molecule has 1 aliphatic rings. The van der Waals surface area contributed by atoms with Gasteiger partial charge in [0.15, 0.2) is 29.0 Å². The van der Waals surface area contributed by atoms with Gasteiger partial charge in [0.2, 0.25) is 0 Å². The van der Waals surface area contributed by atoms with E-state index in [-0.39, 0.29) is 22.4 Å². The van der Waals surface area contributed by atoms with Crippen molar-refractivity contribution in [2.24, 2.45) is 0 Å².